The molecule has 1 fully saturated rings. The van der Waals surface area contributed by atoms with Crippen molar-refractivity contribution in [1.82, 2.24) is 10.2 Å². The second-order valence-corrected chi connectivity index (χ2v) is 7.13. The third kappa shape index (κ3) is 3.81. The van der Waals surface area contributed by atoms with Crippen LogP contribution in [-0.2, 0) is 13.1 Å². The Kier molecular flexibility index (Phi) is 4.82. The smallest absolute Gasteiger partial charge is 0.0296 e. The van der Waals surface area contributed by atoms with E-state index in [1.165, 1.54) is 34.7 Å². The highest BCUT2D eigenvalue weighted by Crippen LogP contribution is 2.31. The molecule has 1 N–H and O–H groups in total. The molecule has 0 radical (unpaired) electrons. The average molecular weight is 266 g/mol. The molecule has 0 atom stereocenters. The average Bonchev–Trinajstić information content (AvgIpc) is 3.04. The van der Waals surface area contributed by atoms with Crippen LogP contribution in [0.3, 0.4) is 0 Å². The van der Waals surface area contributed by atoms with Gasteiger partial charge >= 0.3 is 0 Å². The maximum Gasteiger partial charge on any atom is 0.0296 e. The van der Waals surface area contributed by atoms with Crippen LogP contribution in [0.4, 0.5) is 0 Å². The molecule has 0 bridgehead atoms. The topological polar surface area (TPSA) is 15.3 Å². The van der Waals surface area contributed by atoms with E-state index < -0.39 is 0 Å². The molecule has 18 heavy (non-hydrogen) atoms. The molecule has 0 aromatic carbocycles. The molecule has 3 heteroatoms. The third-order valence-corrected chi connectivity index (χ3v) is 4.81. The third-order valence-electron chi connectivity index (χ3n) is 3.72. The number of nitrogens with one attached hydrogen (secondary N) is 1. The van der Waals surface area contributed by atoms with E-state index in [1.807, 2.05) is 18.4 Å². The summed E-state index contributed by atoms with van der Waals surface area (Å²) >= 11 is 1.94. The van der Waals surface area contributed by atoms with Crippen LogP contribution in [0, 0.1) is 12.8 Å². The molecule has 2 nitrogen and oxygen atoms in total. The van der Waals surface area contributed by atoms with Crippen LogP contribution in [0.25, 0.3) is 0 Å². The Morgan fingerprint density at radius 1 is 1.44 bits per heavy atom. The van der Waals surface area contributed by atoms with Crippen molar-refractivity contribution in [2.24, 2.45) is 5.92 Å². The first-order valence-electron chi connectivity index (χ1n) is 7.07. The highest BCUT2D eigenvalue weighted by atomic mass is 32.1. The quantitative estimate of drug-likeness (QED) is 0.814. The van der Waals surface area contributed by atoms with Gasteiger partial charge in [0, 0.05) is 35.4 Å². The van der Waals surface area contributed by atoms with E-state index in [2.05, 4.69) is 37.1 Å². The van der Waals surface area contributed by atoms with Crippen molar-refractivity contribution in [1.29, 1.82) is 0 Å². The van der Waals surface area contributed by atoms with Crippen LogP contribution in [0.2, 0.25) is 0 Å². The lowest BCUT2D eigenvalue weighted by atomic mass is 10.2. The molecule has 0 unspecified atom stereocenters. The van der Waals surface area contributed by atoms with Gasteiger partial charge in [-0.2, -0.15) is 0 Å². The second-order valence-electron chi connectivity index (χ2n) is 5.79. The van der Waals surface area contributed by atoms with Gasteiger partial charge in [0.05, 0.1) is 0 Å². The van der Waals surface area contributed by atoms with E-state index in [1.54, 1.807) is 0 Å². The minimum atomic E-state index is 0.651. The number of nitrogens with zero attached hydrogens (tertiary/aromatic N) is 1. The fourth-order valence-electron chi connectivity index (χ4n) is 2.31. The molecule has 1 aromatic rings. The fraction of sp³-hybridized carbons (Fsp3) is 0.733. The summed E-state index contributed by atoms with van der Waals surface area (Å²) in [4.78, 5) is 5.58. The van der Waals surface area contributed by atoms with Gasteiger partial charge in [0.15, 0.2) is 0 Å². The number of hydrogen-bond donors (Lipinski definition) is 1. The Hall–Kier alpha value is -0.380. The van der Waals surface area contributed by atoms with Crippen LogP contribution < -0.4 is 5.32 Å². The highest BCUT2D eigenvalue weighted by molar-refractivity contribution is 7.12. The molecule has 102 valence electrons. The first-order valence-corrected chi connectivity index (χ1v) is 7.88. The minimum Gasteiger partial charge on any atom is -0.315 e. The Morgan fingerprint density at radius 3 is 2.72 bits per heavy atom. The van der Waals surface area contributed by atoms with Gasteiger partial charge in [0.2, 0.25) is 0 Å². The maximum absolute atomic E-state index is 3.24. The van der Waals surface area contributed by atoms with Crippen molar-refractivity contribution in [2.75, 3.05) is 13.6 Å². The van der Waals surface area contributed by atoms with Crippen LogP contribution in [0.15, 0.2) is 6.07 Å². The fourth-order valence-corrected chi connectivity index (χ4v) is 3.38. The first kappa shape index (κ1) is 14.0. The lowest BCUT2D eigenvalue weighted by Crippen LogP contribution is -2.32. The number of aryl methyl sites for hydroxylation is 1. The molecular weight excluding hydrogens is 240 g/mol. The predicted molar refractivity (Wildman–Crippen MR) is 80.1 cm³/mol. The van der Waals surface area contributed by atoms with Gasteiger partial charge in [-0.15, -0.1) is 11.3 Å². The standard InChI is InChI=1S/C15H26N2S/c1-11(2)17(9-13-5-6-13)10-14-7-15(8-16-4)18-12(14)3/h7,11,13,16H,5-6,8-10H2,1-4H3. The zero-order valence-electron chi connectivity index (χ0n) is 12.1. The van der Waals surface area contributed by atoms with Crippen LogP contribution in [0.1, 0.15) is 42.0 Å². The summed E-state index contributed by atoms with van der Waals surface area (Å²) in [7, 11) is 2.02. The van der Waals surface area contributed by atoms with Crippen LogP contribution >= 0.6 is 11.3 Å². The van der Waals surface area contributed by atoms with E-state index in [0.29, 0.717) is 6.04 Å². The van der Waals surface area contributed by atoms with Crippen molar-refractivity contribution in [3.63, 3.8) is 0 Å². The van der Waals surface area contributed by atoms with E-state index in [9.17, 15) is 0 Å². The van der Waals surface area contributed by atoms with Gasteiger partial charge in [-0.05, 0) is 58.2 Å². The SMILES string of the molecule is CNCc1cc(CN(CC2CC2)C(C)C)c(C)s1. The molecule has 0 amide bonds. The minimum absolute atomic E-state index is 0.651. The lowest BCUT2D eigenvalue weighted by molar-refractivity contribution is 0.203. The first-order chi connectivity index (χ1) is 8.60. The van der Waals surface area contributed by atoms with Gasteiger partial charge < -0.3 is 5.32 Å². The Morgan fingerprint density at radius 2 is 2.17 bits per heavy atom. The Labute approximate surface area is 115 Å². The summed E-state index contributed by atoms with van der Waals surface area (Å²) in [6, 6.07) is 3.04. The van der Waals surface area contributed by atoms with E-state index in [4.69, 9.17) is 0 Å². The number of hydrogen-bond acceptors (Lipinski definition) is 3. The molecule has 2 rings (SSSR count). The zero-order valence-corrected chi connectivity index (χ0v) is 12.9. The van der Waals surface area contributed by atoms with Crippen molar-refractivity contribution in [3.8, 4) is 0 Å². The summed E-state index contributed by atoms with van der Waals surface area (Å²) in [6.07, 6.45) is 2.88. The Balaban J connectivity index is 2.00. The monoisotopic (exact) mass is 266 g/mol. The summed E-state index contributed by atoms with van der Waals surface area (Å²) in [5.41, 5.74) is 1.53. The molecule has 1 aliphatic carbocycles. The number of thiophene rings is 1. The largest absolute Gasteiger partial charge is 0.315 e. The van der Waals surface area contributed by atoms with Crippen molar-refractivity contribution in [3.05, 3.63) is 21.4 Å². The lowest BCUT2D eigenvalue weighted by Gasteiger charge is -2.26. The summed E-state index contributed by atoms with van der Waals surface area (Å²) in [6.45, 7) is 10.3. The highest BCUT2D eigenvalue weighted by Gasteiger charge is 2.25. The van der Waals surface area contributed by atoms with Crippen molar-refractivity contribution < 1.29 is 0 Å². The predicted octanol–water partition coefficient (Wildman–Crippen LogP) is 3.40. The maximum atomic E-state index is 3.24. The molecular formula is C15H26N2S. The van der Waals surface area contributed by atoms with Crippen molar-refractivity contribution in [2.45, 2.75) is 52.7 Å². The van der Waals surface area contributed by atoms with Gasteiger partial charge in [-0.1, -0.05) is 0 Å². The number of rotatable bonds is 7. The van der Waals surface area contributed by atoms with Crippen molar-refractivity contribution >= 4 is 11.3 Å². The van der Waals surface area contributed by atoms with Crippen LogP contribution in [-0.4, -0.2) is 24.5 Å². The zero-order chi connectivity index (χ0) is 13.1. The summed E-state index contributed by atoms with van der Waals surface area (Å²) in [5.74, 6) is 0.975. The summed E-state index contributed by atoms with van der Waals surface area (Å²) < 4.78 is 0. The van der Waals surface area contributed by atoms with E-state index >= 15 is 0 Å². The second kappa shape index (κ2) is 6.18. The van der Waals surface area contributed by atoms with Gasteiger partial charge in [0.1, 0.15) is 0 Å². The van der Waals surface area contributed by atoms with Crippen LogP contribution in [0.5, 0.6) is 0 Å². The molecule has 1 aromatic heterocycles. The van der Waals surface area contributed by atoms with Gasteiger partial charge in [0.25, 0.3) is 0 Å². The molecule has 1 saturated carbocycles. The molecule has 1 heterocycles. The Bertz CT molecular complexity index is 380. The van der Waals surface area contributed by atoms with E-state index in [-0.39, 0.29) is 0 Å². The summed E-state index contributed by atoms with van der Waals surface area (Å²) in [5, 5.41) is 3.24. The normalized spacial score (nSPS) is 15.9. The molecule has 1 aliphatic rings. The van der Waals surface area contributed by atoms with Gasteiger partial charge in [-0.25, -0.2) is 0 Å². The van der Waals surface area contributed by atoms with Gasteiger partial charge in [-0.3, -0.25) is 4.90 Å². The van der Waals surface area contributed by atoms with E-state index in [0.717, 1.165) is 19.0 Å². The molecule has 0 saturated heterocycles. The molecule has 0 aliphatic heterocycles. The molecule has 0 spiro atoms.